The van der Waals surface area contributed by atoms with Crippen LogP contribution in [-0.4, -0.2) is 63.3 Å². The molecule has 0 aliphatic carbocycles. The molecule has 2 fully saturated rings. The van der Waals surface area contributed by atoms with Gasteiger partial charge in [-0.15, -0.1) is 0 Å². The van der Waals surface area contributed by atoms with E-state index in [1.54, 1.807) is 7.05 Å². The van der Waals surface area contributed by atoms with Crippen molar-refractivity contribution in [3.05, 3.63) is 0 Å². The number of nitrogens with zero attached hydrogens (tertiary/aromatic N) is 2. The Labute approximate surface area is 97.2 Å². The zero-order valence-corrected chi connectivity index (χ0v) is 10.2. The normalized spacial score (nSPS) is 31.2. The lowest BCUT2D eigenvalue weighted by atomic mass is 10.2. The van der Waals surface area contributed by atoms with Crippen LogP contribution in [0.15, 0.2) is 4.99 Å². The number of guanidine groups is 1. The van der Waals surface area contributed by atoms with Gasteiger partial charge in [-0.25, -0.2) is 0 Å². The van der Waals surface area contributed by atoms with Crippen LogP contribution in [0.2, 0.25) is 0 Å². The average molecular weight is 226 g/mol. The number of hydrogen-bond acceptors (Lipinski definition) is 3. The molecule has 16 heavy (non-hydrogen) atoms. The molecule has 2 N–H and O–H groups in total. The fourth-order valence-electron chi connectivity index (χ4n) is 2.50. The first-order valence-corrected chi connectivity index (χ1v) is 6.07. The molecule has 5 heteroatoms. The highest BCUT2D eigenvalue weighted by molar-refractivity contribution is 5.79. The molecular formula is C11H22N4O. The van der Waals surface area contributed by atoms with E-state index in [0.29, 0.717) is 12.1 Å². The van der Waals surface area contributed by atoms with Crippen LogP contribution >= 0.6 is 0 Å². The summed E-state index contributed by atoms with van der Waals surface area (Å²) in [6, 6.07) is 0.680. The van der Waals surface area contributed by atoms with Crippen LogP contribution in [0.1, 0.15) is 12.8 Å². The number of fused-ring (bicyclic) bond motifs is 1. The van der Waals surface area contributed by atoms with E-state index in [2.05, 4.69) is 20.5 Å². The summed E-state index contributed by atoms with van der Waals surface area (Å²) >= 11 is 0. The van der Waals surface area contributed by atoms with E-state index in [9.17, 15) is 0 Å². The Hall–Kier alpha value is -0.810. The SMILES string of the molecule is CN=C(NC)NC[C@@H]1CN2CCC[C@H]2CO1. The Morgan fingerprint density at radius 3 is 3.19 bits per heavy atom. The van der Waals surface area contributed by atoms with Crippen molar-refractivity contribution in [2.75, 3.05) is 40.3 Å². The summed E-state index contributed by atoms with van der Waals surface area (Å²) in [7, 11) is 3.64. The number of morpholine rings is 1. The highest BCUT2D eigenvalue weighted by Gasteiger charge is 2.31. The first-order valence-electron chi connectivity index (χ1n) is 6.07. The van der Waals surface area contributed by atoms with E-state index in [1.807, 2.05) is 7.05 Å². The van der Waals surface area contributed by atoms with Gasteiger partial charge in [-0.2, -0.15) is 0 Å². The third-order valence-corrected chi connectivity index (χ3v) is 3.42. The second-order valence-corrected chi connectivity index (χ2v) is 4.45. The number of aliphatic imine (C=N–C) groups is 1. The van der Waals surface area contributed by atoms with Crippen molar-refractivity contribution in [1.29, 1.82) is 0 Å². The number of ether oxygens (including phenoxy) is 1. The van der Waals surface area contributed by atoms with Gasteiger partial charge in [-0.3, -0.25) is 9.89 Å². The lowest BCUT2D eigenvalue weighted by Crippen LogP contribution is -2.51. The molecule has 0 aromatic heterocycles. The predicted molar refractivity (Wildman–Crippen MR) is 64.8 cm³/mol. The molecule has 2 aliphatic heterocycles. The van der Waals surface area contributed by atoms with Crippen LogP contribution in [0.3, 0.4) is 0 Å². The molecule has 0 unspecified atom stereocenters. The van der Waals surface area contributed by atoms with Gasteiger partial charge in [0.1, 0.15) is 0 Å². The van der Waals surface area contributed by atoms with Crippen molar-refractivity contribution < 1.29 is 4.74 Å². The Bertz CT molecular complexity index is 256. The zero-order valence-electron chi connectivity index (χ0n) is 10.2. The molecule has 0 saturated carbocycles. The third-order valence-electron chi connectivity index (χ3n) is 3.42. The van der Waals surface area contributed by atoms with Crippen molar-refractivity contribution in [1.82, 2.24) is 15.5 Å². The minimum atomic E-state index is 0.291. The maximum absolute atomic E-state index is 5.84. The molecule has 92 valence electrons. The van der Waals surface area contributed by atoms with Crippen molar-refractivity contribution in [3.63, 3.8) is 0 Å². The Balaban J connectivity index is 1.75. The Morgan fingerprint density at radius 2 is 2.44 bits per heavy atom. The molecule has 5 nitrogen and oxygen atoms in total. The summed E-state index contributed by atoms with van der Waals surface area (Å²) in [5, 5.41) is 6.26. The molecule has 0 radical (unpaired) electrons. The van der Waals surface area contributed by atoms with E-state index in [0.717, 1.165) is 25.7 Å². The zero-order chi connectivity index (χ0) is 11.4. The molecule has 0 aromatic rings. The highest BCUT2D eigenvalue weighted by Crippen LogP contribution is 2.22. The summed E-state index contributed by atoms with van der Waals surface area (Å²) in [5.74, 6) is 0.826. The topological polar surface area (TPSA) is 48.9 Å². The maximum Gasteiger partial charge on any atom is 0.190 e. The van der Waals surface area contributed by atoms with Gasteiger partial charge in [0, 0.05) is 33.2 Å². The second-order valence-electron chi connectivity index (χ2n) is 4.45. The summed E-state index contributed by atoms with van der Waals surface area (Å²) in [4.78, 5) is 6.64. The van der Waals surface area contributed by atoms with Crippen molar-refractivity contribution in [3.8, 4) is 0 Å². The van der Waals surface area contributed by atoms with E-state index in [4.69, 9.17) is 4.74 Å². The van der Waals surface area contributed by atoms with Crippen molar-refractivity contribution in [2.45, 2.75) is 25.0 Å². The summed E-state index contributed by atoms with van der Waals surface area (Å²) < 4.78 is 5.84. The van der Waals surface area contributed by atoms with Gasteiger partial charge >= 0.3 is 0 Å². The number of hydrogen-bond donors (Lipinski definition) is 2. The molecular weight excluding hydrogens is 204 g/mol. The van der Waals surface area contributed by atoms with E-state index < -0.39 is 0 Å². The first kappa shape index (κ1) is 11.7. The maximum atomic E-state index is 5.84. The Kier molecular flexibility index (Phi) is 4.01. The third kappa shape index (κ3) is 2.65. The van der Waals surface area contributed by atoms with Crippen LogP contribution in [0.25, 0.3) is 0 Å². The van der Waals surface area contributed by atoms with Crippen LogP contribution in [0.5, 0.6) is 0 Å². The first-order chi connectivity index (χ1) is 7.83. The summed E-state index contributed by atoms with van der Waals surface area (Å²) in [5.41, 5.74) is 0. The lowest BCUT2D eigenvalue weighted by Gasteiger charge is -2.35. The number of rotatable bonds is 2. The minimum Gasteiger partial charge on any atom is -0.373 e. The average Bonchev–Trinajstić information content (AvgIpc) is 2.77. The fourth-order valence-corrected chi connectivity index (χ4v) is 2.50. The van der Waals surface area contributed by atoms with Gasteiger partial charge in [0.15, 0.2) is 5.96 Å². The molecule has 2 saturated heterocycles. The van der Waals surface area contributed by atoms with Crippen LogP contribution < -0.4 is 10.6 Å². The fraction of sp³-hybridized carbons (Fsp3) is 0.909. The molecule has 2 atom stereocenters. The van der Waals surface area contributed by atoms with Crippen molar-refractivity contribution in [2.24, 2.45) is 4.99 Å². The highest BCUT2D eigenvalue weighted by atomic mass is 16.5. The predicted octanol–water partition coefficient (Wildman–Crippen LogP) is -0.356. The largest absolute Gasteiger partial charge is 0.373 e. The van der Waals surface area contributed by atoms with Crippen molar-refractivity contribution >= 4 is 5.96 Å². The monoisotopic (exact) mass is 226 g/mol. The smallest absolute Gasteiger partial charge is 0.190 e. The standard InChI is InChI=1S/C11H22N4O/c1-12-11(13-2)14-6-10-7-15-5-3-4-9(15)8-16-10/h9-10H,3-8H2,1-2H3,(H2,12,13,14)/t9-,10+/m0/s1. The van der Waals surface area contributed by atoms with Crippen LogP contribution in [0, 0.1) is 0 Å². The lowest BCUT2D eigenvalue weighted by molar-refractivity contribution is -0.0452. The van der Waals surface area contributed by atoms with Gasteiger partial charge in [-0.1, -0.05) is 0 Å². The molecule has 0 aromatic carbocycles. The van der Waals surface area contributed by atoms with E-state index >= 15 is 0 Å². The quantitative estimate of drug-likeness (QED) is 0.499. The minimum absolute atomic E-state index is 0.291. The van der Waals surface area contributed by atoms with E-state index in [-0.39, 0.29) is 0 Å². The van der Waals surface area contributed by atoms with Gasteiger partial charge < -0.3 is 15.4 Å². The summed E-state index contributed by atoms with van der Waals surface area (Å²) in [6.07, 6.45) is 2.92. The molecule has 2 heterocycles. The molecule has 2 aliphatic rings. The number of nitrogens with one attached hydrogen (secondary N) is 2. The Morgan fingerprint density at radius 1 is 1.56 bits per heavy atom. The van der Waals surface area contributed by atoms with E-state index in [1.165, 1.54) is 19.4 Å². The van der Waals surface area contributed by atoms with Crippen LogP contribution in [-0.2, 0) is 4.74 Å². The second kappa shape index (κ2) is 5.50. The molecule has 0 bridgehead atoms. The summed E-state index contributed by atoms with van der Waals surface area (Å²) in [6.45, 7) is 4.02. The van der Waals surface area contributed by atoms with Gasteiger partial charge in [0.05, 0.1) is 12.7 Å². The van der Waals surface area contributed by atoms with Gasteiger partial charge in [-0.05, 0) is 19.4 Å². The van der Waals surface area contributed by atoms with Gasteiger partial charge in [0.2, 0.25) is 0 Å². The van der Waals surface area contributed by atoms with Gasteiger partial charge in [0.25, 0.3) is 0 Å². The molecule has 0 spiro atoms. The van der Waals surface area contributed by atoms with Crippen LogP contribution in [0.4, 0.5) is 0 Å². The molecule has 2 rings (SSSR count). The molecule has 0 amide bonds.